The van der Waals surface area contributed by atoms with Crippen LogP contribution in [0.4, 0.5) is 0 Å². The number of thioether (sulfide) groups is 1. The number of nitrogens with one attached hydrogen (secondary N) is 1. The zero-order chi connectivity index (χ0) is 23.5. The van der Waals surface area contributed by atoms with Gasteiger partial charge in [-0.25, -0.2) is 0 Å². The Morgan fingerprint density at radius 3 is 2.15 bits per heavy atom. The van der Waals surface area contributed by atoms with Gasteiger partial charge in [-0.05, 0) is 22.8 Å². The van der Waals surface area contributed by atoms with Crippen LogP contribution in [0.5, 0.6) is 0 Å². The number of benzene rings is 3. The van der Waals surface area contributed by atoms with Crippen LogP contribution in [-0.4, -0.2) is 35.6 Å². The fraction of sp³-hybridized carbons (Fsp3) is 0.259. The summed E-state index contributed by atoms with van der Waals surface area (Å²) in [5, 5.41) is 3.33. The van der Waals surface area contributed by atoms with Crippen LogP contribution in [0.25, 0.3) is 0 Å². The average molecular weight is 481 g/mol. The molecule has 0 aromatic heterocycles. The predicted molar refractivity (Wildman–Crippen MR) is 137 cm³/mol. The molecule has 3 aromatic carbocycles. The first-order valence-electron chi connectivity index (χ1n) is 11.0. The van der Waals surface area contributed by atoms with Crippen molar-refractivity contribution in [1.82, 2.24) is 10.2 Å². The van der Waals surface area contributed by atoms with E-state index in [4.69, 9.17) is 11.6 Å². The van der Waals surface area contributed by atoms with Crippen molar-refractivity contribution in [2.75, 3.05) is 12.8 Å². The van der Waals surface area contributed by atoms with Crippen molar-refractivity contribution in [2.24, 2.45) is 0 Å². The van der Waals surface area contributed by atoms with E-state index < -0.39 is 6.04 Å². The van der Waals surface area contributed by atoms with Gasteiger partial charge < -0.3 is 10.2 Å². The van der Waals surface area contributed by atoms with E-state index in [0.29, 0.717) is 23.6 Å². The van der Waals surface area contributed by atoms with Crippen LogP contribution in [0.2, 0.25) is 5.02 Å². The summed E-state index contributed by atoms with van der Waals surface area (Å²) < 4.78 is 0. The molecule has 3 rings (SSSR count). The zero-order valence-electron chi connectivity index (χ0n) is 18.7. The van der Waals surface area contributed by atoms with E-state index in [1.165, 1.54) is 5.56 Å². The largest absolute Gasteiger partial charge is 0.357 e. The second kappa shape index (κ2) is 13.1. The Kier molecular flexibility index (Phi) is 9.85. The lowest BCUT2D eigenvalue weighted by molar-refractivity contribution is -0.140. The summed E-state index contributed by atoms with van der Waals surface area (Å²) >= 11 is 8.12. The Hall–Kier alpha value is -2.76. The second-order valence-electron chi connectivity index (χ2n) is 7.72. The van der Waals surface area contributed by atoms with Crippen molar-refractivity contribution in [2.45, 2.75) is 31.2 Å². The van der Waals surface area contributed by atoms with Crippen LogP contribution in [0.1, 0.15) is 23.1 Å². The molecule has 0 spiro atoms. The maximum absolute atomic E-state index is 13.4. The van der Waals surface area contributed by atoms with E-state index >= 15 is 0 Å². The van der Waals surface area contributed by atoms with Gasteiger partial charge in [0.05, 0.1) is 0 Å². The first-order valence-corrected chi connectivity index (χ1v) is 12.5. The molecule has 3 aromatic rings. The van der Waals surface area contributed by atoms with Crippen LogP contribution < -0.4 is 5.32 Å². The van der Waals surface area contributed by atoms with Gasteiger partial charge in [-0.2, -0.15) is 11.8 Å². The Morgan fingerprint density at radius 1 is 0.909 bits per heavy atom. The van der Waals surface area contributed by atoms with Gasteiger partial charge in [-0.15, -0.1) is 0 Å². The summed E-state index contributed by atoms with van der Waals surface area (Å²) in [5.74, 6) is 1.29. The van der Waals surface area contributed by atoms with Gasteiger partial charge in [0.25, 0.3) is 0 Å². The minimum absolute atomic E-state index is 0.0555. The molecule has 0 aliphatic heterocycles. The van der Waals surface area contributed by atoms with Gasteiger partial charge >= 0.3 is 0 Å². The molecule has 6 heteroatoms. The number of hydrogen-bond donors (Lipinski definition) is 1. The Morgan fingerprint density at radius 2 is 1.52 bits per heavy atom. The van der Waals surface area contributed by atoms with Gasteiger partial charge in [0.2, 0.25) is 11.8 Å². The van der Waals surface area contributed by atoms with Crippen molar-refractivity contribution >= 4 is 35.2 Å². The summed E-state index contributed by atoms with van der Waals surface area (Å²) in [6.07, 6.45) is 0.790. The molecule has 0 aliphatic carbocycles. The molecular formula is C27H29ClN2O2S. The van der Waals surface area contributed by atoms with E-state index in [9.17, 15) is 9.59 Å². The minimum Gasteiger partial charge on any atom is -0.357 e. The molecule has 1 atom stereocenters. The van der Waals surface area contributed by atoms with Gasteiger partial charge in [-0.1, -0.05) is 90.5 Å². The number of carbonyl (C=O) groups excluding carboxylic acids is 2. The lowest BCUT2D eigenvalue weighted by atomic mass is 10.0. The second-order valence-corrected chi connectivity index (χ2v) is 9.23. The van der Waals surface area contributed by atoms with Gasteiger partial charge in [0.1, 0.15) is 6.04 Å². The zero-order valence-corrected chi connectivity index (χ0v) is 20.3. The predicted octanol–water partition coefficient (Wildman–Crippen LogP) is 5.35. The lowest BCUT2D eigenvalue weighted by Gasteiger charge is -2.31. The standard InChI is InChI=1S/C27H29ClN2O2S/c1-29-27(32)25(18-21-10-4-2-5-11-21)30(19-23-14-8-9-15-24(23)28)26(31)16-17-33-20-22-12-6-3-7-13-22/h2-15,25H,16-20H2,1H3,(H,29,32)/t25-/m0/s1. The van der Waals surface area contributed by atoms with Gasteiger partial charge in [0.15, 0.2) is 0 Å². The van der Waals surface area contributed by atoms with Crippen molar-refractivity contribution in [1.29, 1.82) is 0 Å². The molecule has 0 saturated heterocycles. The first kappa shape index (κ1) is 24.9. The van der Waals surface area contributed by atoms with Crippen molar-refractivity contribution in [3.63, 3.8) is 0 Å². The maximum Gasteiger partial charge on any atom is 0.242 e. The van der Waals surface area contributed by atoms with E-state index in [2.05, 4.69) is 17.4 Å². The number of nitrogens with zero attached hydrogens (tertiary/aromatic N) is 1. The van der Waals surface area contributed by atoms with Crippen LogP contribution in [0.3, 0.4) is 0 Å². The van der Waals surface area contributed by atoms with Crippen molar-refractivity contribution < 1.29 is 9.59 Å². The number of amides is 2. The fourth-order valence-electron chi connectivity index (χ4n) is 3.60. The van der Waals surface area contributed by atoms with Gasteiger partial charge in [-0.3, -0.25) is 9.59 Å². The molecule has 0 radical (unpaired) electrons. The fourth-order valence-corrected chi connectivity index (χ4v) is 4.69. The van der Waals surface area contributed by atoms with E-state index in [-0.39, 0.29) is 18.4 Å². The highest BCUT2D eigenvalue weighted by Gasteiger charge is 2.29. The molecule has 2 amide bonds. The third-order valence-corrected chi connectivity index (χ3v) is 6.79. The van der Waals surface area contributed by atoms with Gasteiger partial charge in [0, 0.05) is 43.0 Å². The monoisotopic (exact) mass is 480 g/mol. The summed E-state index contributed by atoms with van der Waals surface area (Å²) in [6, 6.07) is 26.8. The van der Waals surface area contributed by atoms with Crippen LogP contribution in [0, 0.1) is 0 Å². The lowest BCUT2D eigenvalue weighted by Crippen LogP contribution is -2.49. The quantitative estimate of drug-likeness (QED) is 0.376. The number of halogens is 1. The molecular weight excluding hydrogens is 452 g/mol. The Bertz CT molecular complexity index is 1030. The average Bonchev–Trinajstić information content (AvgIpc) is 2.85. The van der Waals surface area contributed by atoms with Crippen molar-refractivity contribution in [3.05, 3.63) is 107 Å². The van der Waals surface area contributed by atoms with Crippen LogP contribution >= 0.6 is 23.4 Å². The smallest absolute Gasteiger partial charge is 0.242 e. The van der Waals surface area contributed by atoms with E-state index in [1.54, 1.807) is 29.8 Å². The van der Waals surface area contributed by atoms with Crippen LogP contribution in [0.15, 0.2) is 84.9 Å². The Labute approximate surface area is 205 Å². The summed E-state index contributed by atoms with van der Waals surface area (Å²) in [6.45, 7) is 0.285. The molecule has 0 aliphatic rings. The minimum atomic E-state index is -0.625. The molecule has 172 valence electrons. The van der Waals surface area contributed by atoms with E-state index in [1.807, 2.05) is 66.7 Å². The summed E-state index contributed by atoms with van der Waals surface area (Å²) in [5.41, 5.74) is 3.06. The van der Waals surface area contributed by atoms with E-state index in [0.717, 1.165) is 16.9 Å². The normalized spacial score (nSPS) is 11.6. The highest BCUT2D eigenvalue weighted by molar-refractivity contribution is 7.98. The molecule has 33 heavy (non-hydrogen) atoms. The summed E-state index contributed by atoms with van der Waals surface area (Å²) in [7, 11) is 1.61. The highest BCUT2D eigenvalue weighted by atomic mass is 35.5. The van der Waals surface area contributed by atoms with Crippen molar-refractivity contribution in [3.8, 4) is 0 Å². The number of hydrogen-bond acceptors (Lipinski definition) is 3. The molecule has 0 bridgehead atoms. The number of likely N-dealkylation sites (N-methyl/N-ethyl adjacent to an activating group) is 1. The highest BCUT2D eigenvalue weighted by Crippen LogP contribution is 2.22. The Balaban J connectivity index is 1.76. The third kappa shape index (κ3) is 7.65. The molecule has 1 N–H and O–H groups in total. The topological polar surface area (TPSA) is 49.4 Å². The summed E-state index contributed by atoms with van der Waals surface area (Å²) in [4.78, 5) is 28.0. The molecule has 0 heterocycles. The number of rotatable bonds is 11. The maximum atomic E-state index is 13.4. The molecule has 0 fully saturated rings. The number of carbonyl (C=O) groups is 2. The molecule has 0 saturated carbocycles. The molecule has 0 unspecified atom stereocenters. The van der Waals surface area contributed by atoms with Crippen LogP contribution in [-0.2, 0) is 28.3 Å². The first-order chi connectivity index (χ1) is 16.1. The third-order valence-electron chi connectivity index (χ3n) is 5.39. The SMILES string of the molecule is CNC(=O)[C@H](Cc1ccccc1)N(Cc1ccccc1Cl)C(=O)CCSCc1ccccc1. The molecule has 4 nitrogen and oxygen atoms in total.